The maximum absolute atomic E-state index is 13.5. The van der Waals surface area contributed by atoms with Crippen molar-refractivity contribution >= 4 is 17.4 Å². The number of nitrogens with zero attached hydrogens (tertiary/aromatic N) is 1. The second-order valence-corrected chi connectivity index (χ2v) is 4.88. The molecule has 0 heterocycles. The molecule has 0 fully saturated rings. The van der Waals surface area contributed by atoms with Crippen LogP contribution in [-0.2, 0) is 4.74 Å². The van der Waals surface area contributed by atoms with Crippen molar-refractivity contribution in [1.82, 2.24) is 0 Å². The van der Waals surface area contributed by atoms with Crippen LogP contribution >= 0.6 is 0 Å². The van der Waals surface area contributed by atoms with E-state index in [9.17, 15) is 28.5 Å². The first-order valence-electron chi connectivity index (χ1n) is 6.70. The Labute approximate surface area is 134 Å². The molecule has 0 aliphatic carbocycles. The fourth-order valence-corrected chi connectivity index (χ4v) is 1.94. The molecule has 124 valence electrons. The van der Waals surface area contributed by atoms with E-state index in [2.05, 4.69) is 0 Å². The van der Waals surface area contributed by atoms with E-state index in [0.717, 1.165) is 18.2 Å². The highest BCUT2D eigenvalue weighted by atomic mass is 19.1. The summed E-state index contributed by atoms with van der Waals surface area (Å²) in [5.74, 6) is -3.66. The number of halogens is 2. The first kappa shape index (κ1) is 17.2. The molecular weight excluding hydrogens is 324 g/mol. The van der Waals surface area contributed by atoms with Gasteiger partial charge in [0.2, 0.25) is 5.78 Å². The summed E-state index contributed by atoms with van der Waals surface area (Å²) in [4.78, 5) is 33.8. The molecule has 0 aromatic heterocycles. The lowest BCUT2D eigenvalue weighted by Crippen LogP contribution is -2.16. The Morgan fingerprint density at radius 3 is 2.54 bits per heavy atom. The number of hydrogen-bond acceptors (Lipinski definition) is 5. The van der Waals surface area contributed by atoms with Crippen LogP contribution in [0.2, 0.25) is 0 Å². The number of Topliss-reactive ketones (excluding diaryl/α,β-unsaturated/α-hetero) is 1. The van der Waals surface area contributed by atoms with Crippen molar-refractivity contribution < 1.29 is 28.0 Å². The van der Waals surface area contributed by atoms with Crippen LogP contribution < -0.4 is 0 Å². The van der Waals surface area contributed by atoms with Gasteiger partial charge < -0.3 is 4.74 Å². The summed E-state index contributed by atoms with van der Waals surface area (Å²) in [5.41, 5.74) is -0.584. The van der Waals surface area contributed by atoms with E-state index in [-0.39, 0.29) is 11.3 Å². The molecule has 8 heteroatoms. The summed E-state index contributed by atoms with van der Waals surface area (Å²) >= 11 is 0. The highest BCUT2D eigenvalue weighted by Crippen LogP contribution is 2.20. The van der Waals surface area contributed by atoms with Gasteiger partial charge in [0.25, 0.3) is 5.69 Å². The van der Waals surface area contributed by atoms with E-state index < -0.39 is 40.5 Å². The molecule has 0 atom stereocenters. The molecule has 0 saturated heterocycles. The predicted molar refractivity (Wildman–Crippen MR) is 78.8 cm³/mol. The largest absolute Gasteiger partial charge is 0.454 e. The number of hydrogen-bond donors (Lipinski definition) is 0. The van der Waals surface area contributed by atoms with Crippen LogP contribution in [0, 0.1) is 28.7 Å². The Morgan fingerprint density at radius 1 is 1.17 bits per heavy atom. The smallest absolute Gasteiger partial charge is 0.338 e. The number of ketones is 1. The molecule has 24 heavy (non-hydrogen) atoms. The molecule has 6 nitrogen and oxygen atoms in total. The van der Waals surface area contributed by atoms with Crippen molar-refractivity contribution in [2.24, 2.45) is 0 Å². The van der Waals surface area contributed by atoms with Gasteiger partial charge in [0.05, 0.1) is 16.1 Å². The van der Waals surface area contributed by atoms with E-state index in [1.807, 2.05) is 0 Å². The molecule has 0 saturated carbocycles. The fourth-order valence-electron chi connectivity index (χ4n) is 1.94. The van der Waals surface area contributed by atoms with Crippen molar-refractivity contribution in [2.75, 3.05) is 6.61 Å². The van der Waals surface area contributed by atoms with Gasteiger partial charge in [-0.15, -0.1) is 0 Å². The number of aryl methyl sites for hydroxylation is 1. The molecule has 0 bridgehead atoms. The molecule has 0 unspecified atom stereocenters. The van der Waals surface area contributed by atoms with Gasteiger partial charge >= 0.3 is 5.97 Å². The molecule has 0 N–H and O–H groups in total. The summed E-state index contributed by atoms with van der Waals surface area (Å²) in [5, 5.41) is 10.8. The number of rotatable bonds is 5. The molecule has 0 spiro atoms. The topological polar surface area (TPSA) is 86.5 Å². The van der Waals surface area contributed by atoms with Crippen molar-refractivity contribution in [3.05, 3.63) is 74.8 Å². The Bertz CT molecular complexity index is 835. The number of esters is 1. The minimum Gasteiger partial charge on any atom is -0.454 e. The monoisotopic (exact) mass is 335 g/mol. The molecule has 2 rings (SSSR count). The standard InChI is InChI=1S/C16H11F2NO5/c1-9-2-3-10(6-14(9)19(22)23)16(21)24-8-15(20)12-7-11(17)4-5-13(12)18/h2-7H,8H2,1H3. The lowest BCUT2D eigenvalue weighted by atomic mass is 10.1. The third-order valence-electron chi connectivity index (χ3n) is 3.20. The minimum absolute atomic E-state index is 0.125. The Morgan fingerprint density at radius 2 is 1.88 bits per heavy atom. The van der Waals surface area contributed by atoms with Gasteiger partial charge in [-0.25, -0.2) is 13.6 Å². The first-order chi connectivity index (χ1) is 11.3. The number of benzene rings is 2. The zero-order valence-corrected chi connectivity index (χ0v) is 12.4. The Balaban J connectivity index is 2.10. The van der Waals surface area contributed by atoms with Crippen LogP contribution in [0.3, 0.4) is 0 Å². The van der Waals surface area contributed by atoms with Gasteiger partial charge in [-0.3, -0.25) is 14.9 Å². The van der Waals surface area contributed by atoms with Crippen LogP contribution in [0.15, 0.2) is 36.4 Å². The van der Waals surface area contributed by atoms with Crippen LogP contribution in [0.25, 0.3) is 0 Å². The van der Waals surface area contributed by atoms with Gasteiger partial charge in [-0.05, 0) is 31.2 Å². The number of carbonyl (C=O) groups is 2. The number of nitro groups is 1. The summed E-state index contributed by atoms with van der Waals surface area (Å²) in [6.07, 6.45) is 0. The number of carbonyl (C=O) groups excluding carboxylic acids is 2. The molecule has 0 amide bonds. The van der Waals surface area contributed by atoms with Gasteiger partial charge in [0.15, 0.2) is 6.61 Å². The van der Waals surface area contributed by atoms with Gasteiger partial charge in [0.1, 0.15) is 11.6 Å². The van der Waals surface area contributed by atoms with Crippen molar-refractivity contribution in [3.8, 4) is 0 Å². The maximum atomic E-state index is 13.5. The lowest BCUT2D eigenvalue weighted by Gasteiger charge is -2.06. The first-order valence-corrected chi connectivity index (χ1v) is 6.70. The van der Waals surface area contributed by atoms with Crippen LogP contribution in [-0.4, -0.2) is 23.3 Å². The van der Waals surface area contributed by atoms with Gasteiger partial charge in [0, 0.05) is 11.6 Å². The van der Waals surface area contributed by atoms with Crippen LogP contribution in [0.5, 0.6) is 0 Å². The molecule has 2 aromatic rings. The third-order valence-corrected chi connectivity index (χ3v) is 3.20. The van der Waals surface area contributed by atoms with Crippen LogP contribution in [0.1, 0.15) is 26.3 Å². The summed E-state index contributed by atoms with van der Waals surface area (Å²) in [6.45, 7) is 0.685. The van der Waals surface area contributed by atoms with Crippen molar-refractivity contribution in [3.63, 3.8) is 0 Å². The SMILES string of the molecule is Cc1ccc(C(=O)OCC(=O)c2cc(F)ccc2F)cc1[N+](=O)[O-]. The summed E-state index contributed by atoms with van der Waals surface area (Å²) in [7, 11) is 0. The van der Waals surface area contributed by atoms with E-state index in [1.165, 1.54) is 19.1 Å². The number of nitro benzene ring substituents is 1. The molecular formula is C16H11F2NO5. The van der Waals surface area contributed by atoms with Crippen molar-refractivity contribution in [1.29, 1.82) is 0 Å². The van der Waals surface area contributed by atoms with E-state index >= 15 is 0 Å². The average molecular weight is 335 g/mol. The highest BCUT2D eigenvalue weighted by Gasteiger charge is 2.18. The molecule has 0 radical (unpaired) electrons. The van der Waals surface area contributed by atoms with Crippen molar-refractivity contribution in [2.45, 2.75) is 6.92 Å². The minimum atomic E-state index is -0.983. The van der Waals surface area contributed by atoms with Gasteiger partial charge in [-0.1, -0.05) is 6.07 Å². The van der Waals surface area contributed by atoms with E-state index in [0.29, 0.717) is 11.6 Å². The van der Waals surface area contributed by atoms with E-state index in [4.69, 9.17) is 4.74 Å². The number of ether oxygens (including phenoxy) is 1. The average Bonchev–Trinajstić information content (AvgIpc) is 2.54. The Kier molecular flexibility index (Phi) is 4.98. The van der Waals surface area contributed by atoms with Gasteiger partial charge in [-0.2, -0.15) is 0 Å². The quantitative estimate of drug-likeness (QED) is 0.362. The third kappa shape index (κ3) is 3.78. The second kappa shape index (κ2) is 6.95. The summed E-state index contributed by atoms with van der Waals surface area (Å²) < 4.78 is 31.2. The van der Waals surface area contributed by atoms with E-state index in [1.54, 1.807) is 0 Å². The molecule has 2 aromatic carbocycles. The highest BCUT2D eigenvalue weighted by molar-refractivity contribution is 5.99. The molecule has 0 aliphatic rings. The summed E-state index contributed by atoms with van der Waals surface area (Å²) in [6, 6.07) is 6.02. The maximum Gasteiger partial charge on any atom is 0.338 e. The Hall–Kier alpha value is -3.16. The fraction of sp³-hybridized carbons (Fsp3) is 0.125. The zero-order chi connectivity index (χ0) is 17.9. The second-order valence-electron chi connectivity index (χ2n) is 4.88. The lowest BCUT2D eigenvalue weighted by molar-refractivity contribution is -0.385. The molecule has 0 aliphatic heterocycles. The predicted octanol–water partition coefficient (Wildman–Crippen LogP) is 3.22. The zero-order valence-electron chi connectivity index (χ0n) is 12.4. The van der Waals surface area contributed by atoms with Crippen LogP contribution in [0.4, 0.5) is 14.5 Å². The normalized spacial score (nSPS) is 10.3.